The molecular weight excluding hydrogens is 252 g/mol. The summed E-state index contributed by atoms with van der Waals surface area (Å²) < 4.78 is 0. The van der Waals surface area contributed by atoms with E-state index in [1.165, 1.54) is 51.4 Å². The zero-order valence-corrected chi connectivity index (χ0v) is 13.2. The molecule has 0 fully saturated rings. The second-order valence-electron chi connectivity index (χ2n) is 5.72. The number of aliphatic carboxylic acids is 1. The molecule has 0 bridgehead atoms. The summed E-state index contributed by atoms with van der Waals surface area (Å²) in [6, 6.07) is 0. The van der Waals surface area contributed by atoms with Gasteiger partial charge in [0.25, 0.3) is 0 Å². The highest BCUT2D eigenvalue weighted by Gasteiger charge is 2.03. The molecule has 118 valence electrons. The van der Waals surface area contributed by atoms with Crippen LogP contribution in [-0.2, 0) is 9.59 Å². The molecule has 0 aliphatic rings. The first kappa shape index (κ1) is 19.1. The number of carboxylic acid groups (broad SMARTS) is 1. The SMILES string of the molecule is CCCCCCCCCCCCC(=O)CCCC(=O)O. The van der Waals surface area contributed by atoms with E-state index in [9.17, 15) is 9.59 Å². The van der Waals surface area contributed by atoms with Crippen LogP contribution in [0.2, 0.25) is 0 Å². The summed E-state index contributed by atoms with van der Waals surface area (Å²) in [5.41, 5.74) is 0. The monoisotopic (exact) mass is 284 g/mol. The number of carbonyl (C=O) groups is 2. The number of carboxylic acids is 1. The van der Waals surface area contributed by atoms with Crippen molar-refractivity contribution in [2.75, 3.05) is 0 Å². The molecule has 0 aromatic heterocycles. The van der Waals surface area contributed by atoms with Crippen molar-refractivity contribution in [3.63, 3.8) is 0 Å². The molecule has 0 spiro atoms. The van der Waals surface area contributed by atoms with Crippen LogP contribution in [0.5, 0.6) is 0 Å². The van der Waals surface area contributed by atoms with Crippen LogP contribution >= 0.6 is 0 Å². The molecule has 0 radical (unpaired) electrons. The molecule has 0 rings (SSSR count). The predicted octanol–water partition coefficient (Wildman–Crippen LogP) is 5.12. The normalized spacial score (nSPS) is 10.7. The molecule has 0 aromatic carbocycles. The quantitative estimate of drug-likeness (QED) is 0.424. The lowest BCUT2D eigenvalue weighted by Gasteiger charge is -2.02. The Balaban J connectivity index is 3.15. The highest BCUT2D eigenvalue weighted by Crippen LogP contribution is 2.12. The smallest absolute Gasteiger partial charge is 0.303 e. The summed E-state index contributed by atoms with van der Waals surface area (Å²) in [5.74, 6) is -0.581. The van der Waals surface area contributed by atoms with Gasteiger partial charge in [0.15, 0.2) is 0 Å². The fourth-order valence-corrected chi connectivity index (χ4v) is 2.37. The Morgan fingerprint density at radius 1 is 0.650 bits per heavy atom. The highest BCUT2D eigenvalue weighted by molar-refractivity contribution is 5.78. The van der Waals surface area contributed by atoms with Gasteiger partial charge in [-0.3, -0.25) is 9.59 Å². The summed E-state index contributed by atoms with van der Waals surface area (Å²) in [4.78, 5) is 21.8. The Bertz CT molecular complexity index is 249. The minimum Gasteiger partial charge on any atom is -0.481 e. The molecule has 0 atom stereocenters. The van der Waals surface area contributed by atoms with Crippen molar-refractivity contribution < 1.29 is 14.7 Å². The molecule has 0 heterocycles. The van der Waals surface area contributed by atoms with Gasteiger partial charge in [0.2, 0.25) is 0 Å². The fraction of sp³-hybridized carbons (Fsp3) is 0.882. The van der Waals surface area contributed by atoms with Gasteiger partial charge in [0.05, 0.1) is 0 Å². The van der Waals surface area contributed by atoms with Crippen LogP contribution in [0.1, 0.15) is 96.8 Å². The van der Waals surface area contributed by atoms with Crippen molar-refractivity contribution in [1.82, 2.24) is 0 Å². The van der Waals surface area contributed by atoms with Crippen LogP contribution in [-0.4, -0.2) is 16.9 Å². The molecule has 0 unspecified atom stereocenters. The largest absolute Gasteiger partial charge is 0.481 e. The lowest BCUT2D eigenvalue weighted by atomic mass is 10.0. The molecule has 3 heteroatoms. The third kappa shape index (κ3) is 15.2. The zero-order valence-electron chi connectivity index (χ0n) is 13.2. The molecule has 20 heavy (non-hydrogen) atoms. The summed E-state index contributed by atoms with van der Waals surface area (Å²) in [6.07, 6.45) is 14.4. The maximum atomic E-state index is 11.5. The molecule has 3 nitrogen and oxygen atoms in total. The Kier molecular flexibility index (Phi) is 13.9. The first-order chi connectivity index (χ1) is 9.66. The van der Waals surface area contributed by atoms with Gasteiger partial charge in [-0.15, -0.1) is 0 Å². The van der Waals surface area contributed by atoms with E-state index in [0.29, 0.717) is 19.3 Å². The van der Waals surface area contributed by atoms with Crippen LogP contribution in [0, 0.1) is 0 Å². The minimum absolute atomic E-state index is 0.115. The summed E-state index contributed by atoms with van der Waals surface area (Å²) >= 11 is 0. The fourth-order valence-electron chi connectivity index (χ4n) is 2.37. The van der Waals surface area contributed by atoms with Gasteiger partial charge in [0.1, 0.15) is 5.78 Å². The Morgan fingerprint density at radius 3 is 1.60 bits per heavy atom. The van der Waals surface area contributed by atoms with Gasteiger partial charge in [-0.2, -0.15) is 0 Å². The van der Waals surface area contributed by atoms with E-state index < -0.39 is 5.97 Å². The predicted molar refractivity (Wildman–Crippen MR) is 83.0 cm³/mol. The summed E-state index contributed by atoms with van der Waals surface area (Å²) in [7, 11) is 0. The standard InChI is InChI=1S/C17H32O3/c1-2-3-4-5-6-7-8-9-10-11-13-16(18)14-12-15-17(19)20/h2-15H2,1H3,(H,19,20). The molecule has 0 saturated heterocycles. The number of Topliss-reactive ketones (excluding diaryl/α,β-unsaturated/α-hetero) is 1. The average Bonchev–Trinajstić information content (AvgIpc) is 2.40. The van der Waals surface area contributed by atoms with E-state index in [1.807, 2.05) is 0 Å². The van der Waals surface area contributed by atoms with Gasteiger partial charge in [0, 0.05) is 19.3 Å². The van der Waals surface area contributed by atoms with E-state index in [2.05, 4.69) is 6.92 Å². The summed E-state index contributed by atoms with van der Waals surface area (Å²) in [6.45, 7) is 2.24. The van der Waals surface area contributed by atoms with Crippen LogP contribution in [0.3, 0.4) is 0 Å². The van der Waals surface area contributed by atoms with E-state index in [1.54, 1.807) is 0 Å². The molecule has 0 aliphatic heterocycles. The van der Waals surface area contributed by atoms with Crippen molar-refractivity contribution in [1.29, 1.82) is 0 Å². The van der Waals surface area contributed by atoms with E-state index in [-0.39, 0.29) is 12.2 Å². The number of carbonyl (C=O) groups excluding carboxylic acids is 1. The van der Waals surface area contributed by atoms with Gasteiger partial charge < -0.3 is 5.11 Å². The van der Waals surface area contributed by atoms with Crippen LogP contribution in [0.4, 0.5) is 0 Å². The maximum Gasteiger partial charge on any atom is 0.303 e. The average molecular weight is 284 g/mol. The molecule has 0 aliphatic carbocycles. The molecule has 0 aromatic rings. The van der Waals surface area contributed by atoms with Crippen LogP contribution in [0.15, 0.2) is 0 Å². The Labute approximate surface area is 124 Å². The van der Waals surface area contributed by atoms with Crippen molar-refractivity contribution in [3.05, 3.63) is 0 Å². The number of unbranched alkanes of at least 4 members (excludes halogenated alkanes) is 9. The topological polar surface area (TPSA) is 54.4 Å². The third-order valence-corrected chi connectivity index (χ3v) is 3.66. The van der Waals surface area contributed by atoms with Gasteiger partial charge >= 0.3 is 5.97 Å². The number of hydrogen-bond acceptors (Lipinski definition) is 2. The van der Waals surface area contributed by atoms with E-state index >= 15 is 0 Å². The maximum absolute atomic E-state index is 11.5. The number of hydrogen-bond donors (Lipinski definition) is 1. The lowest BCUT2D eigenvalue weighted by Crippen LogP contribution is -2.00. The van der Waals surface area contributed by atoms with Crippen LogP contribution in [0.25, 0.3) is 0 Å². The molecule has 0 saturated carbocycles. The van der Waals surface area contributed by atoms with Gasteiger partial charge in [-0.05, 0) is 12.8 Å². The number of rotatable bonds is 15. The van der Waals surface area contributed by atoms with Gasteiger partial charge in [-0.1, -0.05) is 64.7 Å². The van der Waals surface area contributed by atoms with Crippen molar-refractivity contribution >= 4 is 11.8 Å². The molecule has 0 amide bonds. The van der Waals surface area contributed by atoms with E-state index in [4.69, 9.17) is 5.11 Å². The van der Waals surface area contributed by atoms with Crippen molar-refractivity contribution in [3.8, 4) is 0 Å². The molecular formula is C17H32O3. The first-order valence-electron chi connectivity index (χ1n) is 8.40. The number of ketones is 1. The lowest BCUT2D eigenvalue weighted by molar-refractivity contribution is -0.137. The third-order valence-electron chi connectivity index (χ3n) is 3.66. The Morgan fingerprint density at radius 2 is 1.10 bits per heavy atom. The first-order valence-corrected chi connectivity index (χ1v) is 8.40. The Hall–Kier alpha value is -0.860. The second kappa shape index (κ2) is 14.5. The van der Waals surface area contributed by atoms with Crippen molar-refractivity contribution in [2.24, 2.45) is 0 Å². The zero-order chi connectivity index (χ0) is 15.1. The van der Waals surface area contributed by atoms with Crippen LogP contribution < -0.4 is 0 Å². The van der Waals surface area contributed by atoms with E-state index in [0.717, 1.165) is 12.8 Å². The summed E-state index contributed by atoms with van der Waals surface area (Å²) in [5, 5.41) is 8.48. The minimum atomic E-state index is -0.809. The highest BCUT2D eigenvalue weighted by atomic mass is 16.4. The molecule has 1 N–H and O–H groups in total. The second-order valence-corrected chi connectivity index (χ2v) is 5.72. The van der Waals surface area contributed by atoms with Gasteiger partial charge in [-0.25, -0.2) is 0 Å². The van der Waals surface area contributed by atoms with Crippen molar-refractivity contribution in [2.45, 2.75) is 96.8 Å².